The zero-order valence-corrected chi connectivity index (χ0v) is 15.1. The summed E-state index contributed by atoms with van der Waals surface area (Å²) < 4.78 is 45.2. The van der Waals surface area contributed by atoms with E-state index in [0.717, 1.165) is 31.4 Å². The van der Waals surface area contributed by atoms with Gasteiger partial charge in [-0.1, -0.05) is 17.7 Å². The van der Waals surface area contributed by atoms with Crippen molar-refractivity contribution in [1.29, 1.82) is 0 Å². The molecule has 3 aliphatic rings. The lowest BCUT2D eigenvalue weighted by molar-refractivity contribution is -0.146. The molecule has 0 aromatic heterocycles. The molecule has 0 aromatic carbocycles. The van der Waals surface area contributed by atoms with E-state index in [1.807, 2.05) is 0 Å². The number of ether oxygens (including phenoxy) is 1. The number of hydrogen-bond donors (Lipinski definition) is 1. The van der Waals surface area contributed by atoms with Gasteiger partial charge < -0.3 is 9.84 Å². The minimum absolute atomic E-state index is 0.0192. The second kappa shape index (κ2) is 7.17. The van der Waals surface area contributed by atoms with Crippen LogP contribution in [0.3, 0.4) is 0 Å². The molecule has 148 valence electrons. The number of allylic oxidation sites excluding steroid dienone is 4. The molecule has 0 aromatic rings. The van der Waals surface area contributed by atoms with Crippen molar-refractivity contribution in [2.75, 3.05) is 6.61 Å². The maximum Gasteiger partial charge on any atom is 0.417 e. The fraction of sp³-hybridized carbons (Fsp3) is 0.600. The number of hydrogen-bond acceptors (Lipinski definition) is 3. The first-order chi connectivity index (χ1) is 12.7. The predicted octanol–water partition coefficient (Wildman–Crippen LogP) is 4.58. The van der Waals surface area contributed by atoms with E-state index in [2.05, 4.69) is 0 Å². The second-order valence-corrected chi connectivity index (χ2v) is 7.60. The second-order valence-electron chi connectivity index (χ2n) is 7.60. The highest BCUT2D eigenvalue weighted by Gasteiger charge is 2.59. The van der Waals surface area contributed by atoms with Crippen LogP contribution in [0.5, 0.6) is 0 Å². The Morgan fingerprint density at radius 2 is 1.96 bits per heavy atom. The molecule has 7 heteroatoms. The Morgan fingerprint density at radius 1 is 1.30 bits per heavy atom. The Morgan fingerprint density at radius 3 is 2.52 bits per heavy atom. The molecule has 1 unspecified atom stereocenters. The molecule has 1 spiro atoms. The average molecular weight is 384 g/mol. The van der Waals surface area contributed by atoms with Gasteiger partial charge in [-0.25, -0.2) is 4.79 Å². The Bertz CT molecular complexity index is 722. The van der Waals surface area contributed by atoms with Gasteiger partial charge in [-0.3, -0.25) is 4.79 Å². The molecule has 1 atom stereocenters. The van der Waals surface area contributed by atoms with Gasteiger partial charge in [-0.15, -0.1) is 0 Å². The summed E-state index contributed by atoms with van der Waals surface area (Å²) in [6.45, 7) is 2.12. The summed E-state index contributed by atoms with van der Waals surface area (Å²) >= 11 is 0. The molecule has 0 aliphatic heterocycles. The number of aliphatic carboxylic acids is 1. The number of halogens is 3. The predicted molar refractivity (Wildman–Crippen MR) is 91.7 cm³/mol. The molecule has 2 fully saturated rings. The van der Waals surface area contributed by atoms with Crippen LogP contribution in [0.4, 0.5) is 13.2 Å². The fourth-order valence-electron chi connectivity index (χ4n) is 4.47. The Hall–Kier alpha value is -2.05. The Kier molecular flexibility index (Phi) is 5.23. The maximum absolute atomic E-state index is 13.4. The summed E-state index contributed by atoms with van der Waals surface area (Å²) in [4.78, 5) is 23.1. The number of carboxylic acids is 1. The molecular formula is C20H23F3O4. The number of alkyl halides is 3. The number of esters is 1. The Balaban J connectivity index is 1.74. The van der Waals surface area contributed by atoms with Gasteiger partial charge in [0.15, 0.2) is 0 Å². The first kappa shape index (κ1) is 19.7. The Labute approximate surface area is 155 Å². The van der Waals surface area contributed by atoms with Crippen LogP contribution >= 0.6 is 0 Å². The quantitative estimate of drug-likeness (QED) is 0.721. The van der Waals surface area contributed by atoms with Crippen molar-refractivity contribution in [1.82, 2.24) is 0 Å². The third-order valence-electron chi connectivity index (χ3n) is 6.06. The standard InChI is InChI=1S/C20H23F3O4/c1-2-27-18(26)16-11-19(16)8-6-12(7-9-19)13-4-3-5-14(17(24)25)15(10-13)20(21,22)23/h3,5,10,12,16H,2,4,6-9,11H2,1H3,(H,24,25). The summed E-state index contributed by atoms with van der Waals surface area (Å²) in [5, 5.41) is 9.11. The van der Waals surface area contributed by atoms with Crippen LogP contribution in [0, 0.1) is 17.3 Å². The number of carbonyl (C=O) groups excluding carboxylic acids is 1. The van der Waals surface area contributed by atoms with E-state index in [1.165, 1.54) is 6.08 Å². The van der Waals surface area contributed by atoms with Crippen LogP contribution in [0.1, 0.15) is 45.4 Å². The van der Waals surface area contributed by atoms with Gasteiger partial charge in [0.25, 0.3) is 0 Å². The summed E-state index contributed by atoms with van der Waals surface area (Å²) in [5.41, 5.74) is -1.22. The SMILES string of the molecule is CCOC(=O)C1CC12CCC(C1=CC(C(F)(F)F)=C(C(=O)O)C=CC1)CC2. The highest BCUT2D eigenvalue weighted by atomic mass is 19.4. The lowest BCUT2D eigenvalue weighted by Crippen LogP contribution is -2.22. The molecule has 2 saturated carbocycles. The van der Waals surface area contributed by atoms with E-state index in [-0.39, 0.29) is 23.2 Å². The third-order valence-corrected chi connectivity index (χ3v) is 6.06. The molecule has 27 heavy (non-hydrogen) atoms. The highest BCUT2D eigenvalue weighted by molar-refractivity contribution is 5.92. The molecular weight excluding hydrogens is 361 g/mol. The van der Waals surface area contributed by atoms with E-state index >= 15 is 0 Å². The smallest absolute Gasteiger partial charge is 0.417 e. The minimum atomic E-state index is -4.71. The van der Waals surface area contributed by atoms with Gasteiger partial charge >= 0.3 is 18.1 Å². The van der Waals surface area contributed by atoms with Crippen LogP contribution in [-0.2, 0) is 14.3 Å². The molecule has 1 N–H and O–H groups in total. The summed E-state index contributed by atoms with van der Waals surface area (Å²) in [6.07, 6.45) is 2.98. The van der Waals surface area contributed by atoms with Gasteiger partial charge in [0.1, 0.15) is 0 Å². The van der Waals surface area contributed by atoms with E-state index in [0.29, 0.717) is 31.4 Å². The van der Waals surface area contributed by atoms with Crippen molar-refractivity contribution in [3.05, 3.63) is 34.9 Å². The summed E-state index contributed by atoms with van der Waals surface area (Å²) in [7, 11) is 0. The number of carboxylic acid groups (broad SMARTS) is 1. The zero-order valence-electron chi connectivity index (χ0n) is 15.1. The van der Waals surface area contributed by atoms with Crippen molar-refractivity contribution in [3.63, 3.8) is 0 Å². The van der Waals surface area contributed by atoms with Crippen molar-refractivity contribution < 1.29 is 32.6 Å². The van der Waals surface area contributed by atoms with E-state index in [4.69, 9.17) is 9.84 Å². The molecule has 3 aliphatic carbocycles. The van der Waals surface area contributed by atoms with Crippen LogP contribution in [0.2, 0.25) is 0 Å². The first-order valence-electron chi connectivity index (χ1n) is 9.26. The van der Waals surface area contributed by atoms with Gasteiger partial charge in [0.2, 0.25) is 0 Å². The number of carbonyl (C=O) groups is 2. The van der Waals surface area contributed by atoms with Crippen molar-refractivity contribution in [2.24, 2.45) is 17.3 Å². The lowest BCUT2D eigenvalue weighted by Gasteiger charge is -2.31. The monoisotopic (exact) mass is 384 g/mol. The fourth-order valence-corrected chi connectivity index (χ4v) is 4.47. The van der Waals surface area contributed by atoms with Crippen molar-refractivity contribution in [3.8, 4) is 0 Å². The van der Waals surface area contributed by atoms with Crippen molar-refractivity contribution in [2.45, 2.75) is 51.6 Å². The van der Waals surface area contributed by atoms with E-state index in [9.17, 15) is 22.8 Å². The molecule has 0 amide bonds. The zero-order chi connectivity index (χ0) is 19.8. The third kappa shape index (κ3) is 3.96. The number of rotatable bonds is 4. The molecule has 4 nitrogen and oxygen atoms in total. The molecule has 0 heterocycles. The largest absolute Gasteiger partial charge is 0.478 e. The summed E-state index contributed by atoms with van der Waals surface area (Å²) in [6, 6.07) is 0. The maximum atomic E-state index is 13.4. The average Bonchev–Trinajstić information content (AvgIpc) is 3.33. The first-order valence-corrected chi connectivity index (χ1v) is 9.26. The molecule has 0 bridgehead atoms. The van der Waals surface area contributed by atoms with Crippen molar-refractivity contribution >= 4 is 11.9 Å². The summed E-state index contributed by atoms with van der Waals surface area (Å²) in [5.74, 6) is -1.84. The van der Waals surface area contributed by atoms with Crippen LogP contribution in [0.25, 0.3) is 0 Å². The van der Waals surface area contributed by atoms with E-state index in [1.54, 1.807) is 6.92 Å². The highest BCUT2D eigenvalue weighted by Crippen LogP contribution is 2.63. The minimum Gasteiger partial charge on any atom is -0.478 e. The molecule has 3 rings (SSSR count). The topological polar surface area (TPSA) is 63.6 Å². The van der Waals surface area contributed by atoms with Crippen LogP contribution < -0.4 is 0 Å². The van der Waals surface area contributed by atoms with Crippen LogP contribution in [-0.4, -0.2) is 29.8 Å². The molecule has 0 radical (unpaired) electrons. The van der Waals surface area contributed by atoms with Gasteiger partial charge in [0.05, 0.1) is 23.7 Å². The van der Waals surface area contributed by atoms with Crippen LogP contribution in [0.15, 0.2) is 34.9 Å². The van der Waals surface area contributed by atoms with Gasteiger partial charge in [-0.2, -0.15) is 13.2 Å². The van der Waals surface area contributed by atoms with Gasteiger partial charge in [-0.05, 0) is 62.9 Å². The lowest BCUT2D eigenvalue weighted by atomic mass is 9.74. The molecule has 0 saturated heterocycles. The van der Waals surface area contributed by atoms with E-state index < -0.39 is 23.3 Å². The van der Waals surface area contributed by atoms with Gasteiger partial charge in [0, 0.05) is 0 Å². The normalized spacial score (nSPS) is 30.7.